The first kappa shape index (κ1) is 8.71. The lowest BCUT2D eigenvalue weighted by atomic mass is 10.1. The van der Waals surface area contributed by atoms with Crippen molar-refractivity contribution in [2.45, 2.75) is 0 Å². The molecular weight excluding hydrogens is 159 g/mol. The maximum atomic E-state index is 13.1. The van der Waals surface area contributed by atoms with Gasteiger partial charge in [0.2, 0.25) is 0 Å². The number of rotatable bonds is 1. The molecule has 1 aromatic rings. The highest BCUT2D eigenvalue weighted by molar-refractivity contribution is 5.89. The van der Waals surface area contributed by atoms with Crippen LogP contribution < -0.4 is 0 Å². The van der Waals surface area contributed by atoms with Crippen LogP contribution in [0.1, 0.15) is 15.9 Å². The van der Waals surface area contributed by atoms with Crippen LogP contribution in [0.15, 0.2) is 18.2 Å². The normalized spacial score (nSPS) is 9.58. The minimum Gasteiger partial charge on any atom is -0.465 e. The van der Waals surface area contributed by atoms with Gasteiger partial charge in [-0.3, -0.25) is 0 Å². The molecule has 0 spiro atoms. The molecule has 0 bridgehead atoms. The van der Waals surface area contributed by atoms with Crippen LogP contribution in [-0.2, 0) is 4.74 Å². The zero-order chi connectivity index (χ0) is 9.14. The van der Waals surface area contributed by atoms with E-state index < -0.39 is 11.8 Å². The van der Waals surface area contributed by atoms with Crippen molar-refractivity contribution in [3.05, 3.63) is 42.1 Å². The number of ether oxygens (including phenoxy) is 1. The van der Waals surface area contributed by atoms with E-state index in [-0.39, 0.29) is 11.1 Å². The van der Waals surface area contributed by atoms with E-state index in [0.717, 1.165) is 0 Å². The lowest BCUT2D eigenvalue weighted by Gasteiger charge is -2.01. The molecular formula is C9H8FO2. The fourth-order valence-corrected chi connectivity index (χ4v) is 0.847. The molecule has 0 aromatic heterocycles. The second-order valence-corrected chi connectivity index (χ2v) is 2.27. The zero-order valence-corrected chi connectivity index (χ0v) is 6.63. The number of carbonyl (C=O) groups is 1. The summed E-state index contributed by atoms with van der Waals surface area (Å²) < 4.78 is 17.4. The van der Waals surface area contributed by atoms with Gasteiger partial charge in [0.05, 0.1) is 12.7 Å². The summed E-state index contributed by atoms with van der Waals surface area (Å²) in [7, 11) is 1.21. The Kier molecular flexibility index (Phi) is 2.43. The van der Waals surface area contributed by atoms with Gasteiger partial charge >= 0.3 is 5.97 Å². The van der Waals surface area contributed by atoms with E-state index in [0.29, 0.717) is 0 Å². The Balaban J connectivity index is 3.16. The second kappa shape index (κ2) is 3.34. The second-order valence-electron chi connectivity index (χ2n) is 2.27. The van der Waals surface area contributed by atoms with Gasteiger partial charge < -0.3 is 4.74 Å². The van der Waals surface area contributed by atoms with Crippen molar-refractivity contribution in [1.82, 2.24) is 0 Å². The summed E-state index contributed by atoms with van der Waals surface area (Å²) in [5.74, 6) is -1.30. The lowest BCUT2D eigenvalue weighted by molar-refractivity contribution is 0.0595. The molecule has 0 amide bonds. The van der Waals surface area contributed by atoms with E-state index >= 15 is 0 Å². The molecule has 0 fully saturated rings. The summed E-state index contributed by atoms with van der Waals surface area (Å²) in [6.07, 6.45) is 0. The molecule has 1 rings (SSSR count). The van der Waals surface area contributed by atoms with Gasteiger partial charge in [-0.1, -0.05) is 12.1 Å². The van der Waals surface area contributed by atoms with E-state index in [2.05, 4.69) is 11.7 Å². The Morgan fingerprint density at radius 2 is 2.25 bits per heavy atom. The molecule has 0 N–H and O–H groups in total. The van der Waals surface area contributed by atoms with Crippen molar-refractivity contribution in [2.75, 3.05) is 7.11 Å². The zero-order valence-electron chi connectivity index (χ0n) is 6.63. The largest absolute Gasteiger partial charge is 0.465 e. The molecule has 3 heteroatoms. The minimum absolute atomic E-state index is 0.0787. The van der Waals surface area contributed by atoms with Crippen LogP contribution in [0.25, 0.3) is 0 Å². The molecule has 0 saturated carbocycles. The summed E-state index contributed by atoms with van der Waals surface area (Å²) in [4.78, 5) is 10.9. The maximum absolute atomic E-state index is 13.1. The van der Waals surface area contributed by atoms with Crippen LogP contribution in [0.5, 0.6) is 0 Å². The summed E-state index contributed by atoms with van der Waals surface area (Å²) in [5.41, 5.74) is 0.114. The molecule has 0 unspecified atom stereocenters. The fourth-order valence-electron chi connectivity index (χ4n) is 0.847. The van der Waals surface area contributed by atoms with E-state index in [4.69, 9.17) is 0 Å². The Bertz CT molecular complexity index is 307. The minimum atomic E-state index is -0.682. The standard InChI is InChI=1S/C9H8FO2/c1-6-4-3-5-7(8(6)10)9(11)12-2/h3-5H,1H2,2H3. The average Bonchev–Trinajstić information content (AvgIpc) is 2.08. The first-order valence-corrected chi connectivity index (χ1v) is 3.35. The van der Waals surface area contributed by atoms with Gasteiger partial charge in [0.25, 0.3) is 0 Å². The third-order valence-electron chi connectivity index (χ3n) is 1.48. The molecule has 2 nitrogen and oxygen atoms in total. The Hall–Kier alpha value is -1.38. The highest BCUT2D eigenvalue weighted by Crippen LogP contribution is 2.12. The summed E-state index contributed by atoms with van der Waals surface area (Å²) in [6.45, 7) is 3.41. The highest BCUT2D eigenvalue weighted by Gasteiger charge is 2.12. The van der Waals surface area contributed by atoms with Crippen LogP contribution in [-0.4, -0.2) is 13.1 Å². The van der Waals surface area contributed by atoms with Gasteiger partial charge in [0, 0.05) is 0 Å². The smallest absolute Gasteiger partial charge is 0.340 e. The van der Waals surface area contributed by atoms with Gasteiger partial charge in [0.1, 0.15) is 5.82 Å². The summed E-state index contributed by atoms with van der Waals surface area (Å²) in [6, 6.07) is 4.40. The third kappa shape index (κ3) is 1.44. The van der Waals surface area contributed by atoms with Crippen molar-refractivity contribution in [2.24, 2.45) is 0 Å². The number of hydrogen-bond donors (Lipinski definition) is 0. The lowest BCUT2D eigenvalue weighted by Crippen LogP contribution is -2.05. The summed E-state index contributed by atoms with van der Waals surface area (Å²) >= 11 is 0. The molecule has 1 aromatic carbocycles. The predicted octanol–water partition coefficient (Wildman–Crippen LogP) is 1.79. The molecule has 0 atom stereocenters. The molecule has 0 aliphatic heterocycles. The number of halogens is 1. The summed E-state index contributed by atoms with van der Waals surface area (Å²) in [5, 5.41) is 0. The van der Waals surface area contributed by atoms with Crippen molar-refractivity contribution < 1.29 is 13.9 Å². The van der Waals surface area contributed by atoms with Gasteiger partial charge in [-0.05, 0) is 18.6 Å². The van der Waals surface area contributed by atoms with Crippen LogP contribution >= 0.6 is 0 Å². The van der Waals surface area contributed by atoms with Crippen LogP contribution in [0.4, 0.5) is 4.39 Å². The van der Waals surface area contributed by atoms with E-state index in [1.165, 1.54) is 19.2 Å². The first-order chi connectivity index (χ1) is 5.66. The van der Waals surface area contributed by atoms with Crippen LogP contribution in [0, 0.1) is 12.7 Å². The predicted molar refractivity (Wildman–Crippen MR) is 42.2 cm³/mol. The van der Waals surface area contributed by atoms with Gasteiger partial charge in [-0.2, -0.15) is 0 Å². The van der Waals surface area contributed by atoms with E-state index in [1.54, 1.807) is 6.07 Å². The maximum Gasteiger partial charge on any atom is 0.340 e. The van der Waals surface area contributed by atoms with Crippen molar-refractivity contribution in [1.29, 1.82) is 0 Å². The molecule has 0 heterocycles. The topological polar surface area (TPSA) is 26.3 Å². The fraction of sp³-hybridized carbons (Fsp3) is 0.111. The SMILES string of the molecule is [CH2]c1cccc(C(=O)OC)c1F. The molecule has 0 aliphatic rings. The van der Waals surface area contributed by atoms with Crippen molar-refractivity contribution >= 4 is 5.97 Å². The highest BCUT2D eigenvalue weighted by atomic mass is 19.1. The van der Waals surface area contributed by atoms with Gasteiger partial charge in [0.15, 0.2) is 0 Å². The van der Waals surface area contributed by atoms with E-state index in [1.807, 2.05) is 0 Å². The quantitative estimate of drug-likeness (QED) is 0.596. The molecule has 1 radical (unpaired) electrons. The molecule has 0 aliphatic carbocycles. The van der Waals surface area contributed by atoms with Gasteiger partial charge in [-0.25, -0.2) is 9.18 Å². The Morgan fingerprint density at radius 1 is 1.58 bits per heavy atom. The van der Waals surface area contributed by atoms with Crippen LogP contribution in [0.2, 0.25) is 0 Å². The molecule has 63 valence electrons. The first-order valence-electron chi connectivity index (χ1n) is 3.35. The van der Waals surface area contributed by atoms with Crippen LogP contribution in [0.3, 0.4) is 0 Å². The van der Waals surface area contributed by atoms with Crippen molar-refractivity contribution in [3.63, 3.8) is 0 Å². The molecule has 0 saturated heterocycles. The number of esters is 1. The van der Waals surface area contributed by atoms with Gasteiger partial charge in [-0.15, -0.1) is 0 Å². The van der Waals surface area contributed by atoms with Crippen molar-refractivity contribution in [3.8, 4) is 0 Å². The number of carbonyl (C=O) groups excluding carboxylic acids is 1. The Morgan fingerprint density at radius 3 is 2.83 bits per heavy atom. The number of methoxy groups -OCH3 is 1. The monoisotopic (exact) mass is 167 g/mol. The Labute approximate surface area is 70.0 Å². The van der Waals surface area contributed by atoms with E-state index in [9.17, 15) is 9.18 Å². The third-order valence-corrected chi connectivity index (χ3v) is 1.48. The number of benzene rings is 1. The number of hydrogen-bond acceptors (Lipinski definition) is 2. The average molecular weight is 167 g/mol. The molecule has 12 heavy (non-hydrogen) atoms.